The van der Waals surface area contributed by atoms with Crippen LogP contribution in [0.5, 0.6) is 11.5 Å². The summed E-state index contributed by atoms with van der Waals surface area (Å²) in [7, 11) is -4.42. The highest BCUT2D eigenvalue weighted by atomic mass is 32.2. The van der Waals surface area contributed by atoms with Gasteiger partial charge in [-0.15, -0.1) is 0 Å². The highest BCUT2D eigenvalue weighted by Gasteiger charge is 2.29. The van der Waals surface area contributed by atoms with Gasteiger partial charge >= 0.3 is 0 Å². The first-order chi connectivity index (χ1) is 15.2. The van der Waals surface area contributed by atoms with Gasteiger partial charge in [-0.05, 0) is 49.1 Å². The molecule has 0 fully saturated rings. The van der Waals surface area contributed by atoms with Gasteiger partial charge in [0.25, 0.3) is 15.9 Å². The van der Waals surface area contributed by atoms with Gasteiger partial charge in [0.1, 0.15) is 16.4 Å². The second-order valence-corrected chi connectivity index (χ2v) is 9.35. The van der Waals surface area contributed by atoms with Gasteiger partial charge in [-0.3, -0.25) is 4.79 Å². The molecule has 168 valence electrons. The third-order valence-corrected chi connectivity index (χ3v) is 6.65. The minimum atomic E-state index is -4.42. The van der Waals surface area contributed by atoms with E-state index in [0.29, 0.717) is 18.4 Å². The van der Waals surface area contributed by atoms with Gasteiger partial charge in [-0.25, -0.2) is 13.1 Å². The lowest BCUT2D eigenvalue weighted by Crippen LogP contribution is -2.31. The second-order valence-electron chi connectivity index (χ2n) is 7.73. The molecule has 0 spiro atoms. The molecule has 0 aromatic heterocycles. The topological polar surface area (TPSA) is 104 Å². The standard InChI is InChI=1S/C25H27NO5S/c1-3-4-6-13-20-16-21(27)22(19-14-9-10-17(2)15-19)23(28)24(20)32(30,31)26-25(29)18-11-7-5-8-12-18/h5,7-12,14-16,27-28H,3-4,6,13H2,1-2H3,(H,26,29). The van der Waals surface area contributed by atoms with Crippen LogP contribution in [0.4, 0.5) is 0 Å². The summed E-state index contributed by atoms with van der Waals surface area (Å²) < 4.78 is 28.6. The van der Waals surface area contributed by atoms with Gasteiger partial charge in [0.15, 0.2) is 0 Å². The molecular formula is C25H27NO5S. The van der Waals surface area contributed by atoms with E-state index in [2.05, 4.69) is 4.72 Å². The first-order valence-corrected chi connectivity index (χ1v) is 12.0. The van der Waals surface area contributed by atoms with Crippen LogP contribution in [0.15, 0.2) is 65.6 Å². The Labute approximate surface area is 188 Å². The number of hydrogen-bond donors (Lipinski definition) is 3. The Morgan fingerprint density at radius 1 is 0.969 bits per heavy atom. The zero-order chi connectivity index (χ0) is 23.3. The second kappa shape index (κ2) is 9.87. The lowest BCUT2D eigenvalue weighted by Gasteiger charge is -2.18. The average Bonchev–Trinajstić information content (AvgIpc) is 2.74. The lowest BCUT2D eigenvalue weighted by atomic mass is 9.97. The summed E-state index contributed by atoms with van der Waals surface area (Å²) in [5.41, 5.74) is 1.82. The maximum atomic E-state index is 13.3. The van der Waals surface area contributed by atoms with Crippen molar-refractivity contribution in [1.82, 2.24) is 4.72 Å². The normalized spacial score (nSPS) is 11.3. The molecule has 0 saturated carbocycles. The van der Waals surface area contributed by atoms with Gasteiger partial charge in [-0.1, -0.05) is 67.8 Å². The van der Waals surface area contributed by atoms with Crippen LogP contribution in [-0.2, 0) is 16.4 Å². The van der Waals surface area contributed by atoms with Crippen molar-refractivity contribution in [3.05, 3.63) is 77.4 Å². The molecule has 3 N–H and O–H groups in total. The lowest BCUT2D eigenvalue weighted by molar-refractivity contribution is 0.0981. The summed E-state index contributed by atoms with van der Waals surface area (Å²) in [5.74, 6) is -1.59. The van der Waals surface area contributed by atoms with E-state index in [0.717, 1.165) is 18.4 Å². The van der Waals surface area contributed by atoms with Crippen LogP contribution >= 0.6 is 0 Å². The van der Waals surface area contributed by atoms with E-state index >= 15 is 0 Å². The fourth-order valence-electron chi connectivity index (χ4n) is 3.65. The number of amides is 1. The van der Waals surface area contributed by atoms with Crippen LogP contribution in [0, 0.1) is 6.92 Å². The number of aryl methyl sites for hydroxylation is 2. The molecule has 6 nitrogen and oxygen atoms in total. The monoisotopic (exact) mass is 453 g/mol. The third kappa shape index (κ3) is 5.11. The Morgan fingerprint density at radius 3 is 2.34 bits per heavy atom. The predicted octanol–water partition coefficient (Wildman–Crippen LogP) is 4.92. The Morgan fingerprint density at radius 2 is 1.69 bits per heavy atom. The minimum Gasteiger partial charge on any atom is -0.507 e. The number of sulfonamides is 1. The van der Waals surface area contributed by atoms with Crippen molar-refractivity contribution in [2.75, 3.05) is 0 Å². The van der Waals surface area contributed by atoms with Crippen molar-refractivity contribution in [2.45, 2.75) is 44.4 Å². The Bertz CT molecular complexity index is 1220. The molecule has 0 aliphatic heterocycles. The molecule has 0 saturated heterocycles. The van der Waals surface area contributed by atoms with Crippen LogP contribution < -0.4 is 4.72 Å². The van der Waals surface area contributed by atoms with Crippen molar-refractivity contribution in [1.29, 1.82) is 0 Å². The zero-order valence-corrected chi connectivity index (χ0v) is 18.9. The fourth-order valence-corrected chi connectivity index (χ4v) is 4.97. The van der Waals surface area contributed by atoms with Crippen molar-refractivity contribution in [3.8, 4) is 22.6 Å². The summed E-state index contributed by atoms with van der Waals surface area (Å²) in [5, 5.41) is 21.8. The van der Waals surface area contributed by atoms with Gasteiger partial charge in [0, 0.05) is 5.56 Å². The third-order valence-electron chi connectivity index (χ3n) is 5.20. The summed E-state index contributed by atoms with van der Waals surface area (Å²) in [6.07, 6.45) is 2.79. The van der Waals surface area contributed by atoms with Crippen LogP contribution in [0.2, 0.25) is 0 Å². The molecule has 0 aliphatic rings. The van der Waals surface area contributed by atoms with Crippen LogP contribution in [-0.4, -0.2) is 24.5 Å². The smallest absolute Gasteiger partial charge is 0.268 e. The van der Waals surface area contributed by atoms with E-state index < -0.39 is 21.7 Å². The Balaban J connectivity index is 2.14. The Hall–Kier alpha value is -3.32. The SMILES string of the molecule is CCCCCc1cc(O)c(-c2cccc(C)c2)c(O)c1S(=O)(=O)NC(=O)c1ccccc1. The van der Waals surface area contributed by atoms with Crippen molar-refractivity contribution in [3.63, 3.8) is 0 Å². The van der Waals surface area contributed by atoms with Crippen LogP contribution in [0.1, 0.15) is 47.7 Å². The molecule has 3 aromatic carbocycles. The van der Waals surface area contributed by atoms with E-state index in [9.17, 15) is 23.4 Å². The maximum absolute atomic E-state index is 13.3. The van der Waals surface area contributed by atoms with E-state index in [4.69, 9.17) is 0 Å². The average molecular weight is 454 g/mol. The van der Waals surface area contributed by atoms with E-state index in [1.54, 1.807) is 36.4 Å². The molecule has 0 bridgehead atoms. The maximum Gasteiger partial charge on any atom is 0.268 e. The van der Waals surface area contributed by atoms with Gasteiger partial charge in [0.05, 0.1) is 5.56 Å². The number of carbonyl (C=O) groups excluding carboxylic acids is 1. The number of unbranched alkanes of at least 4 members (excludes halogenated alkanes) is 2. The molecule has 1 amide bonds. The van der Waals surface area contributed by atoms with Crippen molar-refractivity contribution >= 4 is 15.9 Å². The number of aromatic hydroxyl groups is 2. The number of phenolic OH excluding ortho intramolecular Hbond substituents is 2. The predicted molar refractivity (Wildman–Crippen MR) is 124 cm³/mol. The number of phenols is 2. The molecule has 0 radical (unpaired) electrons. The summed E-state index contributed by atoms with van der Waals surface area (Å²) >= 11 is 0. The number of hydrogen-bond acceptors (Lipinski definition) is 5. The van der Waals surface area contributed by atoms with Crippen LogP contribution in [0.3, 0.4) is 0 Å². The highest BCUT2D eigenvalue weighted by molar-refractivity contribution is 7.90. The molecule has 0 atom stereocenters. The summed E-state index contributed by atoms with van der Waals surface area (Å²) in [6, 6.07) is 16.4. The molecule has 0 heterocycles. The van der Waals surface area contributed by atoms with Gasteiger partial charge in [0.2, 0.25) is 0 Å². The quantitative estimate of drug-likeness (QED) is 0.420. The summed E-state index contributed by atoms with van der Waals surface area (Å²) in [6.45, 7) is 3.88. The largest absolute Gasteiger partial charge is 0.507 e. The molecule has 3 aromatic rings. The molecular weight excluding hydrogens is 426 g/mol. The van der Waals surface area contributed by atoms with Crippen LogP contribution in [0.25, 0.3) is 11.1 Å². The minimum absolute atomic E-state index is 0.0143. The molecule has 32 heavy (non-hydrogen) atoms. The Kier molecular flexibility index (Phi) is 7.20. The van der Waals surface area contributed by atoms with E-state index in [1.807, 2.05) is 19.9 Å². The molecule has 0 unspecified atom stereocenters. The van der Waals surface area contributed by atoms with Crippen molar-refractivity contribution < 1.29 is 23.4 Å². The van der Waals surface area contributed by atoms with E-state index in [1.165, 1.54) is 18.2 Å². The number of nitrogens with one attached hydrogen (secondary N) is 1. The fraction of sp³-hybridized carbons (Fsp3) is 0.240. The van der Waals surface area contributed by atoms with Gasteiger partial charge < -0.3 is 10.2 Å². The molecule has 7 heteroatoms. The first kappa shape index (κ1) is 23.3. The van der Waals surface area contributed by atoms with Crippen molar-refractivity contribution in [2.24, 2.45) is 0 Å². The number of benzene rings is 3. The molecule has 0 aliphatic carbocycles. The summed E-state index contributed by atoms with van der Waals surface area (Å²) in [4.78, 5) is 12.2. The number of rotatable bonds is 8. The first-order valence-electron chi connectivity index (χ1n) is 10.5. The van der Waals surface area contributed by atoms with E-state index in [-0.39, 0.29) is 27.3 Å². The molecule has 3 rings (SSSR count). The number of carbonyl (C=O) groups is 1. The highest BCUT2D eigenvalue weighted by Crippen LogP contribution is 2.44. The van der Waals surface area contributed by atoms with Gasteiger partial charge in [-0.2, -0.15) is 0 Å². The zero-order valence-electron chi connectivity index (χ0n) is 18.1.